The van der Waals surface area contributed by atoms with Gasteiger partial charge in [0.25, 0.3) is 0 Å². The van der Waals surface area contributed by atoms with Crippen molar-refractivity contribution in [3.05, 3.63) is 18.2 Å². The van der Waals surface area contributed by atoms with Crippen molar-refractivity contribution in [1.29, 1.82) is 0 Å². The van der Waals surface area contributed by atoms with Crippen LogP contribution in [-0.4, -0.2) is 97.2 Å². The lowest BCUT2D eigenvalue weighted by atomic mass is 9.98. The molecule has 14 nitrogen and oxygen atoms in total. The monoisotopic (exact) mass is 665 g/mol. The third-order valence-electron chi connectivity index (χ3n) is 5.69. The van der Waals surface area contributed by atoms with Crippen LogP contribution in [-0.2, 0) is 32.5 Å². The number of ether oxygens (including phenoxy) is 1. The zero-order valence-electron chi connectivity index (χ0n) is 26.0. The summed E-state index contributed by atoms with van der Waals surface area (Å²) in [4.78, 5) is 32.8. The summed E-state index contributed by atoms with van der Waals surface area (Å²) in [5, 5.41) is 27.8. The summed E-state index contributed by atoms with van der Waals surface area (Å²) in [5.74, 6) is 0.909. The van der Waals surface area contributed by atoms with E-state index in [1.165, 1.54) is 24.0 Å². The van der Waals surface area contributed by atoms with Crippen molar-refractivity contribution >= 4 is 53.0 Å². The molecular weight excluding hydrogens is 621 g/mol. The minimum absolute atomic E-state index is 0.0419. The zero-order chi connectivity index (χ0) is 32.5. The summed E-state index contributed by atoms with van der Waals surface area (Å²) in [7, 11) is -2.45. The molecular formula is C26H44N5O9PS2. The maximum absolute atomic E-state index is 13.4. The number of aliphatic hydroxyl groups is 2. The molecule has 2 rings (SSSR count). The summed E-state index contributed by atoms with van der Waals surface area (Å²) in [5.41, 5.74) is -2.10. The van der Waals surface area contributed by atoms with Crippen LogP contribution in [0.4, 0.5) is 5.82 Å². The van der Waals surface area contributed by atoms with Gasteiger partial charge in [-0.05, 0) is 6.92 Å². The average molecular weight is 666 g/mol. The van der Waals surface area contributed by atoms with Crippen molar-refractivity contribution in [3.8, 4) is 0 Å². The molecule has 0 aliphatic rings. The van der Waals surface area contributed by atoms with Crippen LogP contribution >= 0.6 is 31.3 Å². The molecule has 2 atom stereocenters. The Balaban J connectivity index is 2.08. The van der Waals surface area contributed by atoms with Crippen LogP contribution in [0, 0.1) is 10.8 Å². The van der Waals surface area contributed by atoms with Crippen molar-refractivity contribution < 1.29 is 42.7 Å². The summed E-state index contributed by atoms with van der Waals surface area (Å²) < 4.78 is 37.2. The van der Waals surface area contributed by atoms with Gasteiger partial charge in [-0.3, -0.25) is 23.2 Å². The molecule has 0 aliphatic heterocycles. The second kappa shape index (κ2) is 16.1. The van der Waals surface area contributed by atoms with Gasteiger partial charge in [-0.15, -0.1) is 0 Å². The fourth-order valence-electron chi connectivity index (χ4n) is 3.28. The first-order chi connectivity index (χ1) is 19.9. The van der Waals surface area contributed by atoms with Crippen molar-refractivity contribution in [1.82, 2.24) is 19.6 Å². The number of aromatic nitrogens is 4. The lowest BCUT2D eigenvalue weighted by molar-refractivity contribution is -0.130. The fourth-order valence-corrected chi connectivity index (χ4v) is 6.25. The number of carbonyl (C=O) groups is 2. The number of nitrogens with one attached hydrogen (secondary N) is 1. The Hall–Kier alpha value is -1.62. The number of hydrogen-bond donors (Lipinski definition) is 3. The van der Waals surface area contributed by atoms with Crippen molar-refractivity contribution in [2.24, 2.45) is 10.8 Å². The van der Waals surface area contributed by atoms with Gasteiger partial charge in [0.2, 0.25) is 0 Å². The van der Waals surface area contributed by atoms with E-state index in [0.717, 1.165) is 23.5 Å². The quantitative estimate of drug-likeness (QED) is 0.164. The molecule has 2 aromatic rings. The smallest absolute Gasteiger partial charge is 0.393 e. The van der Waals surface area contributed by atoms with Crippen molar-refractivity contribution in [2.45, 2.75) is 60.2 Å². The molecule has 0 radical (unpaired) electrons. The van der Waals surface area contributed by atoms with E-state index in [4.69, 9.17) is 18.3 Å². The van der Waals surface area contributed by atoms with Gasteiger partial charge in [-0.1, -0.05) is 65.1 Å². The Kier molecular flexibility index (Phi) is 14.1. The minimum atomic E-state index is -4.13. The maximum Gasteiger partial charge on any atom is 0.474 e. The lowest BCUT2D eigenvalue weighted by Gasteiger charge is -2.30. The maximum atomic E-state index is 13.4. The van der Waals surface area contributed by atoms with Crippen molar-refractivity contribution in [2.75, 3.05) is 56.9 Å². The molecule has 0 saturated carbocycles. The minimum Gasteiger partial charge on any atom is -0.393 e. The normalized spacial score (nSPS) is 14.9. The molecule has 0 bridgehead atoms. The van der Waals surface area contributed by atoms with E-state index >= 15 is 0 Å². The molecule has 0 unspecified atom stereocenters. The summed E-state index contributed by atoms with van der Waals surface area (Å²) in [6.45, 7) is 10.9. The molecule has 0 amide bonds. The number of phosphoric acid groups is 1. The molecule has 0 aromatic carbocycles. The standard InChI is InChI=1S/C26H44N5O9PS2/c1-24(2,3)22(33)42-13-11-39-41(36,40-12-14-43-23(34)25(4,5)6)38-10-9-37-19(26(7,35)16-32)18-15-28-21-20(27-8)29-17-30-31(18)21/h15,17,19,32,35H,9-14,16H2,1-8H3,(H,27,29,30)/t19-,26+/m0/s1. The van der Waals surface area contributed by atoms with Crippen molar-refractivity contribution in [3.63, 3.8) is 0 Å². The Morgan fingerprint density at radius 2 is 1.49 bits per heavy atom. The Morgan fingerprint density at radius 3 is 1.98 bits per heavy atom. The molecule has 17 heteroatoms. The molecule has 0 spiro atoms. The summed E-state index contributed by atoms with van der Waals surface area (Å²) >= 11 is 2.11. The fraction of sp³-hybridized carbons (Fsp3) is 0.731. The first-order valence-electron chi connectivity index (χ1n) is 13.6. The van der Waals surface area contributed by atoms with E-state index in [2.05, 4.69) is 20.4 Å². The number of thioether (sulfide) groups is 2. The van der Waals surface area contributed by atoms with Crippen LogP contribution in [0.25, 0.3) is 5.65 Å². The number of aliphatic hydroxyl groups excluding tert-OH is 1. The van der Waals surface area contributed by atoms with Gasteiger partial charge < -0.3 is 20.3 Å². The number of anilines is 1. The van der Waals surface area contributed by atoms with Gasteiger partial charge in [0, 0.05) is 29.4 Å². The van der Waals surface area contributed by atoms with Gasteiger partial charge in [-0.25, -0.2) is 19.0 Å². The molecule has 3 N–H and O–H groups in total. The molecule has 43 heavy (non-hydrogen) atoms. The summed E-state index contributed by atoms with van der Waals surface area (Å²) in [6, 6.07) is 0. The second-order valence-electron chi connectivity index (χ2n) is 11.8. The third kappa shape index (κ3) is 11.4. The van der Waals surface area contributed by atoms with Crippen LogP contribution in [0.2, 0.25) is 0 Å². The molecule has 2 heterocycles. The highest BCUT2D eigenvalue weighted by Gasteiger charge is 2.37. The average Bonchev–Trinajstić information content (AvgIpc) is 3.36. The number of nitrogens with zero attached hydrogens (tertiary/aromatic N) is 4. The largest absolute Gasteiger partial charge is 0.474 e. The highest BCUT2D eigenvalue weighted by molar-refractivity contribution is 8.14. The van der Waals surface area contributed by atoms with Crippen LogP contribution in [0.1, 0.15) is 60.3 Å². The van der Waals surface area contributed by atoms with E-state index < -0.39 is 37.0 Å². The lowest BCUT2D eigenvalue weighted by Crippen LogP contribution is -2.39. The number of imidazole rings is 1. The van der Waals surface area contributed by atoms with Gasteiger partial charge in [-0.2, -0.15) is 5.10 Å². The number of phosphoric ester groups is 1. The highest BCUT2D eigenvalue weighted by atomic mass is 32.2. The van der Waals surface area contributed by atoms with Crippen LogP contribution in [0.3, 0.4) is 0 Å². The van der Waals surface area contributed by atoms with Gasteiger partial charge in [0.1, 0.15) is 18.0 Å². The molecule has 0 fully saturated rings. The van der Waals surface area contributed by atoms with E-state index in [0.29, 0.717) is 17.2 Å². The molecule has 2 aromatic heterocycles. The highest BCUT2D eigenvalue weighted by Crippen LogP contribution is 2.49. The SMILES string of the molecule is CNc1ncnn2c([C@H](OCCOP(=O)(OCCSC(=O)C(C)(C)C)OCCSC(=O)C(C)(C)C)[C@](C)(O)CO)cnc12. The van der Waals surface area contributed by atoms with E-state index in [1.54, 1.807) is 48.6 Å². The topological polar surface area (TPSA) is 184 Å². The number of fused-ring (bicyclic) bond motifs is 1. The van der Waals surface area contributed by atoms with Crippen LogP contribution in [0.5, 0.6) is 0 Å². The van der Waals surface area contributed by atoms with E-state index in [-0.39, 0.29) is 48.2 Å². The van der Waals surface area contributed by atoms with E-state index in [9.17, 15) is 24.4 Å². The summed E-state index contributed by atoms with van der Waals surface area (Å²) in [6.07, 6.45) is 1.64. The first-order valence-corrected chi connectivity index (χ1v) is 17.1. The van der Waals surface area contributed by atoms with Crippen LogP contribution < -0.4 is 5.32 Å². The molecule has 0 saturated heterocycles. The van der Waals surface area contributed by atoms with Gasteiger partial charge in [0.05, 0.1) is 44.9 Å². The molecule has 0 aliphatic carbocycles. The second-order valence-corrected chi connectivity index (χ2v) is 15.6. The Bertz CT molecular complexity index is 1230. The number of rotatable bonds is 17. The third-order valence-corrected chi connectivity index (χ3v) is 9.68. The predicted octanol–water partition coefficient (Wildman–Crippen LogP) is 3.74. The first kappa shape index (κ1) is 37.6. The Morgan fingerprint density at radius 1 is 0.953 bits per heavy atom. The predicted molar refractivity (Wildman–Crippen MR) is 166 cm³/mol. The van der Waals surface area contributed by atoms with Gasteiger partial charge >= 0.3 is 7.82 Å². The zero-order valence-corrected chi connectivity index (χ0v) is 28.5. The molecule has 244 valence electrons. The number of hydrogen-bond acceptors (Lipinski definition) is 15. The van der Waals surface area contributed by atoms with E-state index in [1.807, 2.05) is 0 Å². The Labute approximate surface area is 261 Å². The number of carbonyl (C=O) groups excluding carboxylic acids is 2. The van der Waals surface area contributed by atoms with Crippen LogP contribution in [0.15, 0.2) is 12.5 Å². The van der Waals surface area contributed by atoms with Gasteiger partial charge in [0.15, 0.2) is 21.7 Å².